The maximum atomic E-state index is 12.4. The van der Waals surface area contributed by atoms with Gasteiger partial charge >= 0.3 is 6.18 Å². The molecule has 0 unspecified atom stereocenters. The van der Waals surface area contributed by atoms with E-state index < -0.39 is 11.9 Å². The Morgan fingerprint density at radius 3 is 2.67 bits per heavy atom. The van der Waals surface area contributed by atoms with Crippen LogP contribution in [0.25, 0.3) is 0 Å². The summed E-state index contributed by atoms with van der Waals surface area (Å²) in [7, 11) is 0. The van der Waals surface area contributed by atoms with E-state index in [1.807, 2.05) is 0 Å². The van der Waals surface area contributed by atoms with Gasteiger partial charge in [0.25, 0.3) is 0 Å². The molecule has 0 amide bonds. The van der Waals surface area contributed by atoms with E-state index in [2.05, 4.69) is 15.3 Å². The van der Waals surface area contributed by atoms with Crippen molar-refractivity contribution in [3.8, 4) is 0 Å². The van der Waals surface area contributed by atoms with E-state index in [1.165, 1.54) is 12.8 Å². The Bertz CT molecular complexity index is 469. The average Bonchev–Trinajstić information content (AvgIpc) is 2.98. The first-order chi connectivity index (χ1) is 9.45. The molecule has 1 aromatic heterocycles. The first-order valence-corrected chi connectivity index (χ1v) is 7.41. The summed E-state index contributed by atoms with van der Waals surface area (Å²) in [5.74, 6) is 0.365. The van der Waals surface area contributed by atoms with E-state index in [9.17, 15) is 13.2 Å². The molecule has 2 rings (SSSR count). The number of nitrogens with one attached hydrogen (secondary N) is 1. The number of nitrogens with zero attached hydrogens (tertiary/aromatic N) is 2. The normalized spacial score (nSPS) is 16.8. The molecule has 0 aliphatic heterocycles. The van der Waals surface area contributed by atoms with Crippen LogP contribution in [-0.2, 0) is 12.6 Å². The molecule has 3 N–H and O–H groups in total. The van der Waals surface area contributed by atoms with Crippen LogP contribution < -0.4 is 11.1 Å². The molecule has 1 saturated carbocycles. The second kappa shape index (κ2) is 8.16. The van der Waals surface area contributed by atoms with Gasteiger partial charge in [-0.15, -0.1) is 35.3 Å². The fourth-order valence-electron chi connectivity index (χ4n) is 2.15. The van der Waals surface area contributed by atoms with E-state index in [4.69, 9.17) is 5.73 Å². The van der Waals surface area contributed by atoms with Gasteiger partial charge in [0.15, 0.2) is 11.7 Å². The third-order valence-electron chi connectivity index (χ3n) is 3.16. The van der Waals surface area contributed by atoms with Crippen LogP contribution in [0.15, 0.2) is 10.4 Å². The van der Waals surface area contributed by atoms with E-state index in [0.717, 1.165) is 29.6 Å². The summed E-state index contributed by atoms with van der Waals surface area (Å²) in [6, 6.07) is 0.385. The lowest BCUT2D eigenvalue weighted by Gasteiger charge is -2.11. The van der Waals surface area contributed by atoms with Crippen LogP contribution in [-0.4, -0.2) is 23.5 Å². The Morgan fingerprint density at radius 1 is 1.43 bits per heavy atom. The molecule has 0 aromatic carbocycles. The van der Waals surface area contributed by atoms with Crippen LogP contribution in [0.2, 0.25) is 0 Å². The molecule has 1 aromatic rings. The monoisotopic (exact) mass is 434 g/mol. The molecule has 0 spiro atoms. The number of rotatable bonds is 4. The van der Waals surface area contributed by atoms with Gasteiger partial charge in [-0.1, -0.05) is 12.8 Å². The van der Waals surface area contributed by atoms with Crippen molar-refractivity contribution in [1.29, 1.82) is 0 Å². The molecular formula is C12H18F3IN4S. The highest BCUT2D eigenvalue weighted by Crippen LogP contribution is 2.30. The molecule has 21 heavy (non-hydrogen) atoms. The minimum absolute atomic E-state index is 0. The van der Waals surface area contributed by atoms with Gasteiger partial charge < -0.3 is 11.1 Å². The summed E-state index contributed by atoms with van der Waals surface area (Å²) < 4.78 is 37.1. The van der Waals surface area contributed by atoms with Crippen LogP contribution in [0.1, 0.15) is 36.4 Å². The highest BCUT2D eigenvalue weighted by atomic mass is 127. The maximum absolute atomic E-state index is 12.4. The van der Waals surface area contributed by atoms with Crippen LogP contribution in [0.3, 0.4) is 0 Å². The van der Waals surface area contributed by atoms with E-state index >= 15 is 0 Å². The lowest BCUT2D eigenvalue weighted by atomic mass is 10.2. The lowest BCUT2D eigenvalue weighted by Crippen LogP contribution is -2.38. The standard InChI is InChI=1S/C12H17F3N4S.HI/c13-12(14,15)9-7-20-10(19-9)5-6-17-11(16)18-8-3-1-2-4-8;/h7-8H,1-6H2,(H3,16,17,18);1H. The highest BCUT2D eigenvalue weighted by molar-refractivity contribution is 14.0. The zero-order valence-corrected chi connectivity index (χ0v) is 14.5. The zero-order valence-electron chi connectivity index (χ0n) is 11.3. The topological polar surface area (TPSA) is 63.3 Å². The largest absolute Gasteiger partial charge is 0.434 e. The van der Waals surface area contributed by atoms with Crippen molar-refractivity contribution in [3.05, 3.63) is 16.1 Å². The first kappa shape index (κ1) is 18.5. The minimum Gasteiger partial charge on any atom is -0.370 e. The quantitative estimate of drug-likeness (QED) is 0.435. The first-order valence-electron chi connectivity index (χ1n) is 6.53. The van der Waals surface area contributed by atoms with Gasteiger partial charge in [-0.05, 0) is 12.8 Å². The zero-order chi connectivity index (χ0) is 14.6. The second-order valence-corrected chi connectivity index (χ2v) is 5.71. The Labute approximate surface area is 142 Å². The molecule has 9 heteroatoms. The minimum atomic E-state index is -4.37. The highest BCUT2D eigenvalue weighted by Gasteiger charge is 2.33. The van der Waals surface area contributed by atoms with Gasteiger partial charge in [0, 0.05) is 24.4 Å². The lowest BCUT2D eigenvalue weighted by molar-refractivity contribution is -0.140. The SMILES string of the molecule is I.NC(=NCCc1nc(C(F)(F)F)cs1)NC1CCCC1. The van der Waals surface area contributed by atoms with Crippen molar-refractivity contribution >= 4 is 41.3 Å². The number of hydrogen-bond donors (Lipinski definition) is 2. The number of guanidine groups is 1. The molecule has 0 radical (unpaired) electrons. The van der Waals surface area contributed by atoms with E-state index in [-0.39, 0.29) is 24.0 Å². The molecule has 4 nitrogen and oxygen atoms in total. The number of aromatic nitrogens is 1. The van der Waals surface area contributed by atoms with Gasteiger partial charge in [0.1, 0.15) is 0 Å². The number of aliphatic imine (C=N–C) groups is 1. The van der Waals surface area contributed by atoms with Crippen molar-refractivity contribution in [2.75, 3.05) is 6.54 Å². The molecule has 1 fully saturated rings. The summed E-state index contributed by atoms with van der Waals surface area (Å²) in [4.78, 5) is 7.67. The molecular weight excluding hydrogens is 416 g/mol. The molecule has 1 heterocycles. The molecule has 0 atom stereocenters. The molecule has 120 valence electrons. The Kier molecular flexibility index (Phi) is 7.17. The molecule has 1 aliphatic rings. The number of nitrogens with two attached hydrogens (primary N) is 1. The van der Waals surface area contributed by atoms with Crippen LogP contribution in [0, 0.1) is 0 Å². The van der Waals surface area contributed by atoms with Crippen molar-refractivity contribution in [2.24, 2.45) is 10.7 Å². The molecule has 0 bridgehead atoms. The predicted octanol–water partition coefficient (Wildman–Crippen LogP) is 3.17. The number of halogens is 4. The van der Waals surface area contributed by atoms with Gasteiger partial charge in [0.2, 0.25) is 0 Å². The summed E-state index contributed by atoms with van der Waals surface area (Å²) in [6.07, 6.45) is 0.582. The number of thiazole rings is 1. The van der Waals surface area contributed by atoms with Gasteiger partial charge in [-0.25, -0.2) is 4.98 Å². The van der Waals surface area contributed by atoms with Gasteiger partial charge in [-0.3, -0.25) is 4.99 Å². The predicted molar refractivity (Wildman–Crippen MR) is 88.1 cm³/mol. The van der Waals surface area contributed by atoms with Crippen molar-refractivity contribution in [3.63, 3.8) is 0 Å². The second-order valence-electron chi connectivity index (χ2n) is 4.77. The average molecular weight is 434 g/mol. The van der Waals surface area contributed by atoms with Crippen molar-refractivity contribution < 1.29 is 13.2 Å². The van der Waals surface area contributed by atoms with Gasteiger partial charge in [0.05, 0.1) is 5.01 Å². The summed E-state index contributed by atoms with van der Waals surface area (Å²) in [6.45, 7) is 0.344. The maximum Gasteiger partial charge on any atom is 0.434 e. The fraction of sp³-hybridized carbons (Fsp3) is 0.667. The Morgan fingerprint density at radius 2 is 2.10 bits per heavy atom. The smallest absolute Gasteiger partial charge is 0.370 e. The van der Waals surface area contributed by atoms with Crippen molar-refractivity contribution in [2.45, 2.75) is 44.3 Å². The van der Waals surface area contributed by atoms with E-state index in [1.54, 1.807) is 0 Å². The summed E-state index contributed by atoms with van der Waals surface area (Å²) in [5, 5.41) is 4.58. The number of alkyl halides is 3. The van der Waals surface area contributed by atoms with Crippen molar-refractivity contribution in [1.82, 2.24) is 10.3 Å². The number of hydrogen-bond acceptors (Lipinski definition) is 3. The van der Waals surface area contributed by atoms with Crippen LogP contribution >= 0.6 is 35.3 Å². The summed E-state index contributed by atoms with van der Waals surface area (Å²) in [5.41, 5.74) is 4.90. The van der Waals surface area contributed by atoms with Crippen LogP contribution in [0.4, 0.5) is 13.2 Å². The van der Waals surface area contributed by atoms with Gasteiger partial charge in [-0.2, -0.15) is 13.2 Å². The third kappa shape index (κ3) is 5.97. The van der Waals surface area contributed by atoms with Crippen LogP contribution in [0.5, 0.6) is 0 Å². The molecule has 0 saturated heterocycles. The Hall–Kier alpha value is -0.580. The summed E-state index contributed by atoms with van der Waals surface area (Å²) >= 11 is 0.999. The van der Waals surface area contributed by atoms with E-state index in [0.29, 0.717) is 30.0 Å². The third-order valence-corrected chi connectivity index (χ3v) is 4.07. The molecule has 1 aliphatic carbocycles. The Balaban J connectivity index is 0.00000220. The fourth-order valence-corrected chi connectivity index (χ4v) is 2.95.